The average Bonchev–Trinajstić information content (AvgIpc) is 2.59. The summed E-state index contributed by atoms with van der Waals surface area (Å²) in [5.74, 6) is -2.24. The number of nitrogens with zero attached hydrogens (tertiary/aromatic N) is 3. The van der Waals surface area contributed by atoms with Gasteiger partial charge < -0.3 is 20.1 Å². The molecule has 9 nitrogen and oxygen atoms in total. The fourth-order valence-electron chi connectivity index (χ4n) is 3.30. The molecule has 2 aliphatic heterocycles. The van der Waals surface area contributed by atoms with Gasteiger partial charge in [0, 0.05) is 26.3 Å². The molecular weight excluding hydrogens is 347 g/mol. The highest BCUT2D eigenvalue weighted by molar-refractivity contribution is 5.98. The van der Waals surface area contributed by atoms with E-state index >= 15 is 0 Å². The smallest absolute Gasteiger partial charge is 0.341 e. The number of benzene rings is 1. The quantitative estimate of drug-likeness (QED) is 0.755. The van der Waals surface area contributed by atoms with Crippen LogP contribution in [0.5, 0.6) is 5.75 Å². The second-order valence-corrected chi connectivity index (χ2v) is 6.16. The molecule has 2 aliphatic rings. The van der Waals surface area contributed by atoms with E-state index in [1.807, 2.05) is 0 Å². The number of rotatable bonds is 2. The number of pyridine rings is 1. The Labute approximate surface area is 146 Å². The van der Waals surface area contributed by atoms with Crippen LogP contribution in [0.2, 0.25) is 0 Å². The molecule has 2 N–H and O–H groups in total. The van der Waals surface area contributed by atoms with Gasteiger partial charge in [0.1, 0.15) is 16.8 Å². The van der Waals surface area contributed by atoms with Crippen molar-refractivity contribution in [3.8, 4) is 5.75 Å². The zero-order chi connectivity index (χ0) is 18.6. The Hall–Kier alpha value is -3.30. The first-order valence-corrected chi connectivity index (χ1v) is 7.89. The molecule has 2 aromatic rings. The summed E-state index contributed by atoms with van der Waals surface area (Å²) in [5.41, 5.74) is -0.875. The lowest BCUT2D eigenvalue weighted by atomic mass is 10.1. The average molecular weight is 362 g/mol. The van der Waals surface area contributed by atoms with Crippen molar-refractivity contribution < 1.29 is 23.8 Å². The molecule has 0 radical (unpaired) electrons. The first kappa shape index (κ1) is 16.2. The van der Waals surface area contributed by atoms with Crippen LogP contribution in [0.4, 0.5) is 10.1 Å². The van der Waals surface area contributed by atoms with Crippen LogP contribution >= 0.6 is 0 Å². The second-order valence-electron chi connectivity index (χ2n) is 6.16. The fourth-order valence-corrected chi connectivity index (χ4v) is 3.30. The summed E-state index contributed by atoms with van der Waals surface area (Å²) in [7, 11) is 1.65. The molecule has 0 bridgehead atoms. The Balaban J connectivity index is 2.05. The van der Waals surface area contributed by atoms with Crippen LogP contribution in [0.25, 0.3) is 10.9 Å². The highest BCUT2D eigenvalue weighted by Crippen LogP contribution is 2.40. The van der Waals surface area contributed by atoms with Gasteiger partial charge in [-0.2, -0.15) is 0 Å². The minimum absolute atomic E-state index is 0.0283. The van der Waals surface area contributed by atoms with E-state index in [0.717, 1.165) is 6.07 Å². The Morgan fingerprint density at radius 3 is 2.85 bits per heavy atom. The van der Waals surface area contributed by atoms with Gasteiger partial charge in [-0.15, -0.1) is 0 Å². The third kappa shape index (κ3) is 2.25. The van der Waals surface area contributed by atoms with E-state index in [9.17, 15) is 23.9 Å². The number of carboxylic acid groups (broad SMARTS) is 1. The van der Waals surface area contributed by atoms with Gasteiger partial charge >= 0.3 is 5.97 Å². The zero-order valence-electron chi connectivity index (χ0n) is 13.8. The van der Waals surface area contributed by atoms with E-state index in [0.29, 0.717) is 13.1 Å². The van der Waals surface area contributed by atoms with Crippen molar-refractivity contribution in [1.29, 1.82) is 0 Å². The van der Waals surface area contributed by atoms with E-state index in [4.69, 9.17) is 4.74 Å². The lowest BCUT2D eigenvalue weighted by molar-refractivity contribution is -0.120. The Morgan fingerprint density at radius 1 is 1.38 bits per heavy atom. The summed E-state index contributed by atoms with van der Waals surface area (Å²) in [4.78, 5) is 37.1. The van der Waals surface area contributed by atoms with Crippen molar-refractivity contribution in [1.82, 2.24) is 9.99 Å². The van der Waals surface area contributed by atoms with Gasteiger partial charge in [0.2, 0.25) is 11.3 Å². The number of anilines is 1. The van der Waals surface area contributed by atoms with E-state index in [2.05, 4.69) is 5.32 Å². The highest BCUT2D eigenvalue weighted by Gasteiger charge is 2.31. The Kier molecular flexibility index (Phi) is 3.49. The van der Waals surface area contributed by atoms with Gasteiger partial charge in [-0.05, 0) is 6.07 Å². The lowest BCUT2D eigenvalue weighted by Crippen LogP contribution is -2.48. The molecule has 1 fully saturated rings. The predicted octanol–water partition coefficient (Wildman–Crippen LogP) is -0.307. The maximum Gasteiger partial charge on any atom is 0.341 e. The summed E-state index contributed by atoms with van der Waals surface area (Å²) >= 11 is 0. The number of carbonyl (C=O) groups excluding carboxylic acids is 1. The van der Waals surface area contributed by atoms with Gasteiger partial charge in [0.15, 0.2) is 18.3 Å². The van der Waals surface area contributed by atoms with Crippen LogP contribution in [0.15, 0.2) is 17.1 Å². The molecule has 0 aliphatic carbocycles. The number of piperazine rings is 1. The molecule has 1 aromatic heterocycles. The molecule has 1 saturated heterocycles. The standard InChI is InChI=1S/C16H15FN4O5/c1-19-7-26-15-12-8(14(23)9(16(24)25)5-21(12)19)4-10(17)13(15)20-3-2-18-11(22)6-20/h4-5H,2-3,6-7H2,1H3,(H,18,22)(H,24,25). The van der Waals surface area contributed by atoms with Crippen molar-refractivity contribution in [3.63, 3.8) is 0 Å². The summed E-state index contributed by atoms with van der Waals surface area (Å²) in [6.07, 6.45) is 1.20. The number of halogens is 1. The topological polar surface area (TPSA) is 104 Å². The number of hydrogen-bond acceptors (Lipinski definition) is 6. The monoisotopic (exact) mass is 362 g/mol. The molecule has 136 valence electrons. The minimum Gasteiger partial charge on any atom is -0.477 e. The lowest BCUT2D eigenvalue weighted by Gasteiger charge is -2.35. The zero-order valence-corrected chi connectivity index (χ0v) is 13.8. The van der Waals surface area contributed by atoms with E-state index in [1.54, 1.807) is 17.0 Å². The molecule has 0 atom stereocenters. The molecule has 1 aromatic carbocycles. The van der Waals surface area contributed by atoms with Crippen molar-refractivity contribution in [2.45, 2.75) is 0 Å². The largest absolute Gasteiger partial charge is 0.477 e. The maximum absolute atomic E-state index is 14.9. The van der Waals surface area contributed by atoms with Crippen molar-refractivity contribution in [3.05, 3.63) is 33.9 Å². The molecule has 4 rings (SSSR count). The number of aromatic carboxylic acids is 1. The van der Waals surface area contributed by atoms with Gasteiger partial charge in [-0.3, -0.25) is 19.3 Å². The van der Waals surface area contributed by atoms with E-state index in [-0.39, 0.29) is 41.5 Å². The summed E-state index contributed by atoms with van der Waals surface area (Å²) < 4.78 is 22.0. The number of hydrogen-bond donors (Lipinski definition) is 2. The van der Waals surface area contributed by atoms with Crippen molar-refractivity contribution in [2.75, 3.05) is 43.3 Å². The number of amides is 1. The molecular formula is C16H15FN4O5. The maximum atomic E-state index is 14.9. The number of carboxylic acids is 1. The van der Waals surface area contributed by atoms with Gasteiger partial charge in [-0.25, -0.2) is 9.18 Å². The molecule has 0 saturated carbocycles. The van der Waals surface area contributed by atoms with Gasteiger partial charge in [0.25, 0.3) is 0 Å². The van der Waals surface area contributed by atoms with Crippen LogP contribution in [0, 0.1) is 5.82 Å². The van der Waals surface area contributed by atoms with Crippen molar-refractivity contribution in [2.24, 2.45) is 0 Å². The van der Waals surface area contributed by atoms with E-state index < -0.39 is 22.8 Å². The summed E-state index contributed by atoms with van der Waals surface area (Å²) in [5, 5.41) is 13.4. The number of ether oxygens (including phenoxy) is 1. The Bertz CT molecular complexity index is 1020. The van der Waals surface area contributed by atoms with E-state index in [1.165, 1.54) is 10.9 Å². The second kappa shape index (κ2) is 5.61. The fraction of sp³-hybridized carbons (Fsp3) is 0.312. The van der Waals surface area contributed by atoms with Crippen LogP contribution in [0.3, 0.4) is 0 Å². The van der Waals surface area contributed by atoms with Gasteiger partial charge in [-0.1, -0.05) is 0 Å². The molecule has 1 amide bonds. The number of carbonyl (C=O) groups is 2. The molecule has 10 heteroatoms. The molecule has 0 spiro atoms. The predicted molar refractivity (Wildman–Crippen MR) is 90.0 cm³/mol. The van der Waals surface area contributed by atoms with Crippen LogP contribution in [0.1, 0.15) is 10.4 Å². The third-order valence-electron chi connectivity index (χ3n) is 4.50. The van der Waals surface area contributed by atoms with Crippen molar-refractivity contribution >= 4 is 28.5 Å². The minimum atomic E-state index is -1.39. The van der Waals surface area contributed by atoms with Crippen LogP contribution in [-0.4, -0.2) is 55.1 Å². The molecule has 3 heterocycles. The molecule has 26 heavy (non-hydrogen) atoms. The molecule has 0 unspecified atom stereocenters. The normalized spacial score (nSPS) is 16.5. The van der Waals surface area contributed by atoms with Crippen LogP contribution in [-0.2, 0) is 4.79 Å². The van der Waals surface area contributed by atoms with Gasteiger partial charge in [0.05, 0.1) is 11.9 Å². The number of nitrogens with one attached hydrogen (secondary N) is 1. The summed E-state index contributed by atoms with van der Waals surface area (Å²) in [6, 6.07) is 1.01. The first-order valence-electron chi connectivity index (χ1n) is 7.89. The first-order chi connectivity index (χ1) is 12.4. The third-order valence-corrected chi connectivity index (χ3v) is 4.50. The number of aromatic nitrogens is 1. The summed E-state index contributed by atoms with van der Waals surface area (Å²) in [6.45, 7) is 0.741. The van der Waals surface area contributed by atoms with Crippen LogP contribution < -0.4 is 25.4 Å². The highest BCUT2D eigenvalue weighted by atomic mass is 19.1. The SMILES string of the molecule is CN1COc2c(N3CCNC(=O)C3)c(F)cc3c(=O)c(C(=O)O)cn1c23. The Morgan fingerprint density at radius 2 is 2.15 bits per heavy atom.